The first-order chi connectivity index (χ1) is 17.4. The van der Waals surface area contributed by atoms with E-state index in [2.05, 4.69) is 29.1 Å². The Kier molecular flexibility index (Phi) is 6.40. The molecule has 0 saturated carbocycles. The molecule has 3 heterocycles. The van der Waals surface area contributed by atoms with Crippen molar-refractivity contribution in [3.05, 3.63) is 74.8 Å². The molecule has 1 amide bonds. The van der Waals surface area contributed by atoms with Crippen LogP contribution < -0.4 is 20.4 Å². The van der Waals surface area contributed by atoms with E-state index in [1.165, 1.54) is 11.3 Å². The van der Waals surface area contributed by atoms with Crippen molar-refractivity contribution in [2.45, 2.75) is 39.7 Å². The van der Waals surface area contributed by atoms with Crippen LogP contribution in [0.2, 0.25) is 0 Å². The van der Waals surface area contributed by atoms with Crippen molar-refractivity contribution in [1.82, 2.24) is 13.9 Å². The Balaban J connectivity index is 1.67. The Bertz CT molecular complexity index is 1560. The molecule has 0 radical (unpaired) electrons. The summed E-state index contributed by atoms with van der Waals surface area (Å²) in [5.74, 6) is 0.496. The average Bonchev–Trinajstić information content (AvgIpc) is 3.39. The molecular weight excluding hydrogens is 474 g/mol. The van der Waals surface area contributed by atoms with Crippen molar-refractivity contribution in [1.29, 1.82) is 0 Å². The first-order valence-corrected chi connectivity index (χ1v) is 12.9. The number of nitrogens with zero attached hydrogens (tertiary/aromatic N) is 4. The number of fused-ring (bicyclic) bond motifs is 1. The Morgan fingerprint density at radius 3 is 2.69 bits per heavy atom. The maximum atomic E-state index is 13.5. The Labute approximate surface area is 213 Å². The molecule has 2 aromatic carbocycles. The molecule has 1 N–H and O–H groups in total. The van der Waals surface area contributed by atoms with Gasteiger partial charge in [-0.2, -0.15) is 0 Å². The van der Waals surface area contributed by atoms with Crippen LogP contribution in [-0.4, -0.2) is 26.4 Å². The van der Waals surface area contributed by atoms with Crippen molar-refractivity contribution in [3.63, 3.8) is 0 Å². The highest BCUT2D eigenvalue weighted by molar-refractivity contribution is 7.07. The molecule has 4 aromatic rings. The summed E-state index contributed by atoms with van der Waals surface area (Å²) in [6.45, 7) is 6.27. The standard InChI is InChI=1S/C27H29N5O3S/c1-5-9-17(2)31-22(19-12-13-23-21(14-19)28-24(33)15-35-23)16-36-27(31)29-25-18(3)30(4)32(26(25)34)20-10-7-6-8-11-20/h6-8,10-14,16-17H,5,9,15H2,1-4H3,(H,28,33). The Morgan fingerprint density at radius 1 is 1.17 bits per heavy atom. The third-order valence-corrected chi connectivity index (χ3v) is 7.37. The number of hydrogen-bond acceptors (Lipinski definition) is 5. The molecule has 2 aromatic heterocycles. The molecule has 0 fully saturated rings. The van der Waals surface area contributed by atoms with E-state index in [-0.39, 0.29) is 24.1 Å². The summed E-state index contributed by atoms with van der Waals surface area (Å²) >= 11 is 1.51. The normalized spacial score (nSPS) is 14.3. The van der Waals surface area contributed by atoms with Crippen LogP contribution in [0.3, 0.4) is 0 Å². The molecule has 0 spiro atoms. The van der Waals surface area contributed by atoms with E-state index < -0.39 is 0 Å². The number of para-hydroxylation sites is 1. The van der Waals surface area contributed by atoms with Gasteiger partial charge in [0.1, 0.15) is 5.75 Å². The molecule has 36 heavy (non-hydrogen) atoms. The van der Waals surface area contributed by atoms with Gasteiger partial charge < -0.3 is 14.6 Å². The van der Waals surface area contributed by atoms with Gasteiger partial charge in [0.25, 0.3) is 11.5 Å². The molecule has 5 rings (SSSR count). The topological polar surface area (TPSA) is 82.6 Å². The zero-order valence-corrected chi connectivity index (χ0v) is 21.6. The predicted molar refractivity (Wildman–Crippen MR) is 142 cm³/mol. The van der Waals surface area contributed by atoms with Gasteiger partial charge in [-0.15, -0.1) is 11.3 Å². The lowest BCUT2D eigenvalue weighted by Crippen LogP contribution is -2.25. The van der Waals surface area contributed by atoms with Gasteiger partial charge in [-0.25, -0.2) is 9.67 Å². The first kappa shape index (κ1) is 23.9. The lowest BCUT2D eigenvalue weighted by Gasteiger charge is -2.20. The van der Waals surface area contributed by atoms with Gasteiger partial charge in [0.05, 0.1) is 22.8 Å². The SMILES string of the molecule is CCCC(C)n1c(-c2ccc3c(c2)NC(=O)CO3)csc1=Nc1c(C)n(C)n(-c2ccccc2)c1=O. The van der Waals surface area contributed by atoms with Crippen LogP contribution in [0.5, 0.6) is 5.75 Å². The molecule has 0 aliphatic carbocycles. The molecule has 1 aliphatic rings. The zero-order valence-electron chi connectivity index (χ0n) is 20.8. The molecule has 1 unspecified atom stereocenters. The summed E-state index contributed by atoms with van der Waals surface area (Å²) < 4.78 is 11.2. The number of amides is 1. The highest BCUT2D eigenvalue weighted by Crippen LogP contribution is 2.34. The van der Waals surface area contributed by atoms with Gasteiger partial charge in [-0.1, -0.05) is 31.5 Å². The van der Waals surface area contributed by atoms with E-state index >= 15 is 0 Å². The highest BCUT2D eigenvalue weighted by Gasteiger charge is 2.21. The van der Waals surface area contributed by atoms with E-state index in [0.717, 1.165) is 40.3 Å². The van der Waals surface area contributed by atoms with E-state index in [1.54, 1.807) is 4.68 Å². The van der Waals surface area contributed by atoms with Crippen LogP contribution >= 0.6 is 11.3 Å². The fourth-order valence-corrected chi connectivity index (χ4v) is 5.61. The molecule has 1 aliphatic heterocycles. The van der Waals surface area contributed by atoms with Crippen LogP contribution in [0.1, 0.15) is 38.4 Å². The third kappa shape index (κ3) is 4.19. The molecule has 0 saturated heterocycles. The third-order valence-electron chi connectivity index (χ3n) is 6.53. The van der Waals surface area contributed by atoms with E-state index in [4.69, 9.17) is 9.73 Å². The fourth-order valence-electron chi connectivity index (χ4n) is 4.61. The van der Waals surface area contributed by atoms with Gasteiger partial charge in [-0.05, 0) is 50.6 Å². The van der Waals surface area contributed by atoms with Gasteiger partial charge >= 0.3 is 0 Å². The fraction of sp³-hybridized carbons (Fsp3) is 0.296. The smallest absolute Gasteiger partial charge is 0.297 e. The number of ether oxygens (including phenoxy) is 1. The number of benzene rings is 2. The monoisotopic (exact) mass is 503 g/mol. The summed E-state index contributed by atoms with van der Waals surface area (Å²) in [7, 11) is 1.87. The van der Waals surface area contributed by atoms with Gasteiger partial charge in [-0.3, -0.25) is 14.3 Å². The summed E-state index contributed by atoms with van der Waals surface area (Å²) in [6, 6.07) is 15.6. The van der Waals surface area contributed by atoms with Crippen molar-refractivity contribution < 1.29 is 9.53 Å². The summed E-state index contributed by atoms with van der Waals surface area (Å²) in [4.78, 5) is 31.0. The predicted octanol–water partition coefficient (Wildman–Crippen LogP) is 4.94. The van der Waals surface area contributed by atoms with Crippen LogP contribution in [0.15, 0.2) is 63.7 Å². The number of thiazole rings is 1. The lowest BCUT2D eigenvalue weighted by atomic mass is 10.1. The lowest BCUT2D eigenvalue weighted by molar-refractivity contribution is -0.118. The number of carbonyl (C=O) groups is 1. The minimum Gasteiger partial charge on any atom is -0.482 e. The molecule has 8 nitrogen and oxygen atoms in total. The largest absolute Gasteiger partial charge is 0.482 e. The van der Waals surface area contributed by atoms with Crippen LogP contribution in [0, 0.1) is 6.92 Å². The van der Waals surface area contributed by atoms with E-state index in [0.29, 0.717) is 17.1 Å². The number of hydrogen-bond donors (Lipinski definition) is 1. The summed E-state index contributed by atoms with van der Waals surface area (Å²) in [6.07, 6.45) is 1.98. The second-order valence-electron chi connectivity index (χ2n) is 8.98. The first-order valence-electron chi connectivity index (χ1n) is 12.0. The molecule has 9 heteroatoms. The molecule has 0 bridgehead atoms. The Morgan fingerprint density at radius 2 is 1.94 bits per heavy atom. The number of anilines is 1. The van der Waals surface area contributed by atoms with Crippen LogP contribution in [0.4, 0.5) is 11.4 Å². The number of rotatable bonds is 6. The number of nitrogens with one attached hydrogen (secondary N) is 1. The van der Waals surface area contributed by atoms with Gasteiger partial charge in [0, 0.05) is 24.0 Å². The summed E-state index contributed by atoms with van der Waals surface area (Å²) in [5, 5.41) is 4.95. The number of aromatic nitrogens is 3. The zero-order chi connectivity index (χ0) is 25.4. The maximum absolute atomic E-state index is 13.5. The minimum atomic E-state index is -0.165. The summed E-state index contributed by atoms with van der Waals surface area (Å²) in [5.41, 5.74) is 4.46. The second kappa shape index (κ2) is 9.66. The molecule has 1 atom stereocenters. The number of carbonyl (C=O) groups excluding carboxylic acids is 1. The molecule has 186 valence electrons. The van der Waals surface area contributed by atoms with Crippen LogP contribution in [-0.2, 0) is 11.8 Å². The van der Waals surface area contributed by atoms with Crippen molar-refractivity contribution in [2.24, 2.45) is 12.0 Å². The van der Waals surface area contributed by atoms with Gasteiger partial charge in [0.2, 0.25) is 0 Å². The van der Waals surface area contributed by atoms with E-state index in [9.17, 15) is 9.59 Å². The second-order valence-corrected chi connectivity index (χ2v) is 9.82. The van der Waals surface area contributed by atoms with Crippen molar-refractivity contribution >= 4 is 28.6 Å². The van der Waals surface area contributed by atoms with Gasteiger partial charge in [0.15, 0.2) is 17.1 Å². The Hall–Kier alpha value is -3.85. The minimum absolute atomic E-state index is 0.0261. The van der Waals surface area contributed by atoms with Crippen molar-refractivity contribution in [3.8, 4) is 22.7 Å². The van der Waals surface area contributed by atoms with Crippen molar-refractivity contribution in [2.75, 3.05) is 11.9 Å². The quantitative estimate of drug-likeness (QED) is 0.405. The highest BCUT2D eigenvalue weighted by atomic mass is 32.1. The maximum Gasteiger partial charge on any atom is 0.297 e. The van der Waals surface area contributed by atoms with Crippen LogP contribution in [0.25, 0.3) is 16.9 Å². The average molecular weight is 504 g/mol. The van der Waals surface area contributed by atoms with E-state index in [1.807, 2.05) is 67.2 Å². The molecular formula is C27H29N5O3S.